The molecule has 1 atom stereocenters. The highest BCUT2D eigenvalue weighted by Gasteiger charge is 2.27. The average Bonchev–Trinajstić information content (AvgIpc) is 3.11. The number of carbonyl (C=O) groups is 1. The van der Waals surface area contributed by atoms with E-state index in [2.05, 4.69) is 15.5 Å². The van der Waals surface area contributed by atoms with E-state index in [0.717, 1.165) is 24.9 Å². The van der Waals surface area contributed by atoms with E-state index < -0.39 is 0 Å². The Balaban J connectivity index is 1.77. The van der Waals surface area contributed by atoms with Crippen LogP contribution in [-0.4, -0.2) is 54.2 Å². The molecule has 122 valence electrons. The van der Waals surface area contributed by atoms with Gasteiger partial charge in [0.2, 0.25) is 0 Å². The third-order valence-corrected chi connectivity index (χ3v) is 4.05. The minimum atomic E-state index is -0.192. The molecule has 2 aromatic rings. The average molecular weight is 316 g/mol. The maximum atomic E-state index is 12.5. The quantitative estimate of drug-likeness (QED) is 0.922. The Morgan fingerprint density at radius 2 is 2.35 bits per heavy atom. The zero-order valence-corrected chi connectivity index (χ0v) is 13.3. The summed E-state index contributed by atoms with van der Waals surface area (Å²) in [6.45, 7) is 1.39. The molecule has 1 saturated heterocycles. The lowest BCUT2D eigenvalue weighted by atomic mass is 10.1. The number of carbonyl (C=O) groups excluding carboxylic acids is 1. The molecule has 23 heavy (non-hydrogen) atoms. The van der Waals surface area contributed by atoms with Gasteiger partial charge < -0.3 is 19.5 Å². The van der Waals surface area contributed by atoms with Crippen molar-refractivity contribution in [1.29, 1.82) is 0 Å². The van der Waals surface area contributed by atoms with Gasteiger partial charge in [0.15, 0.2) is 0 Å². The summed E-state index contributed by atoms with van der Waals surface area (Å²) in [6.07, 6.45) is 2.04. The number of aromatic nitrogens is 2. The number of rotatable bonds is 4. The second-order valence-corrected chi connectivity index (χ2v) is 5.53. The van der Waals surface area contributed by atoms with Gasteiger partial charge in [-0.1, -0.05) is 11.2 Å². The van der Waals surface area contributed by atoms with Gasteiger partial charge >= 0.3 is 0 Å². The first-order valence-corrected chi connectivity index (χ1v) is 7.66. The highest BCUT2D eigenvalue weighted by atomic mass is 16.5. The lowest BCUT2D eigenvalue weighted by molar-refractivity contribution is 0.0682. The summed E-state index contributed by atoms with van der Waals surface area (Å²) >= 11 is 0. The van der Waals surface area contributed by atoms with Crippen molar-refractivity contribution < 1.29 is 14.1 Å². The molecule has 1 aliphatic heterocycles. The van der Waals surface area contributed by atoms with Crippen LogP contribution in [0.2, 0.25) is 0 Å². The maximum absolute atomic E-state index is 12.5. The van der Waals surface area contributed by atoms with E-state index in [9.17, 15) is 4.79 Å². The molecule has 1 amide bonds. The molecule has 0 radical (unpaired) electrons. The predicted octanol–water partition coefficient (Wildman–Crippen LogP) is 1.57. The van der Waals surface area contributed by atoms with Crippen LogP contribution in [0.15, 0.2) is 28.8 Å². The number of piperidine rings is 1. The van der Waals surface area contributed by atoms with Crippen LogP contribution in [-0.2, 0) is 0 Å². The number of likely N-dealkylation sites (tertiary alicyclic amines) is 1. The number of methoxy groups -OCH3 is 1. The summed E-state index contributed by atoms with van der Waals surface area (Å²) in [5.41, 5.74) is 0.725. The first kappa shape index (κ1) is 15.5. The Bertz CT molecular complexity index is 685. The Labute approximate surface area is 134 Å². The van der Waals surface area contributed by atoms with Crippen molar-refractivity contribution >= 4 is 5.91 Å². The van der Waals surface area contributed by atoms with Gasteiger partial charge in [0.25, 0.3) is 17.6 Å². The van der Waals surface area contributed by atoms with Gasteiger partial charge in [-0.05, 0) is 38.1 Å². The Morgan fingerprint density at radius 3 is 3.13 bits per heavy atom. The van der Waals surface area contributed by atoms with Crippen molar-refractivity contribution in [2.75, 3.05) is 27.2 Å². The van der Waals surface area contributed by atoms with Gasteiger partial charge in [-0.15, -0.1) is 0 Å². The highest BCUT2D eigenvalue weighted by molar-refractivity contribution is 5.90. The largest absolute Gasteiger partial charge is 0.497 e. The van der Waals surface area contributed by atoms with Crippen LogP contribution in [0, 0.1) is 0 Å². The Kier molecular flexibility index (Phi) is 4.57. The molecule has 0 saturated carbocycles. The summed E-state index contributed by atoms with van der Waals surface area (Å²) < 4.78 is 10.4. The molecule has 7 nitrogen and oxygen atoms in total. The number of likely N-dealkylation sites (N-methyl/N-ethyl adjacent to an activating group) is 1. The summed E-state index contributed by atoms with van der Waals surface area (Å²) in [4.78, 5) is 18.5. The van der Waals surface area contributed by atoms with Crippen LogP contribution >= 0.6 is 0 Å². The molecular weight excluding hydrogens is 296 g/mol. The fourth-order valence-corrected chi connectivity index (χ4v) is 2.72. The minimum absolute atomic E-state index is 0.0968. The van der Waals surface area contributed by atoms with Crippen LogP contribution in [0.5, 0.6) is 5.75 Å². The van der Waals surface area contributed by atoms with Crippen molar-refractivity contribution in [3.63, 3.8) is 0 Å². The summed E-state index contributed by atoms with van der Waals surface area (Å²) in [5.74, 6) is 0.915. The molecule has 1 aliphatic rings. The summed E-state index contributed by atoms with van der Waals surface area (Å²) in [5, 5.41) is 7.05. The fraction of sp³-hybridized carbons (Fsp3) is 0.438. The smallest absolute Gasteiger partial charge is 0.295 e. The molecule has 1 unspecified atom stereocenters. The van der Waals surface area contributed by atoms with Crippen LogP contribution in [0.3, 0.4) is 0 Å². The molecular formula is C16H20N4O3. The second-order valence-electron chi connectivity index (χ2n) is 5.53. The monoisotopic (exact) mass is 316 g/mol. The van der Waals surface area contributed by atoms with Crippen LogP contribution in [0.25, 0.3) is 11.5 Å². The SMILES string of the molecule is CNC1CCCN(C(=O)c2noc(-c3cccc(OC)c3)n2)C1. The standard InChI is InChI=1S/C16H20N4O3/c1-17-12-6-4-8-20(10-12)16(21)14-18-15(23-19-14)11-5-3-7-13(9-11)22-2/h3,5,7,9,12,17H,4,6,8,10H2,1-2H3. The van der Waals surface area contributed by atoms with Gasteiger partial charge in [0.1, 0.15) is 5.75 Å². The van der Waals surface area contributed by atoms with Gasteiger partial charge in [-0.2, -0.15) is 4.98 Å². The molecule has 0 spiro atoms. The maximum Gasteiger partial charge on any atom is 0.295 e. The Hall–Kier alpha value is -2.41. The fourth-order valence-electron chi connectivity index (χ4n) is 2.72. The summed E-state index contributed by atoms with van der Waals surface area (Å²) in [7, 11) is 3.50. The molecule has 7 heteroatoms. The lowest BCUT2D eigenvalue weighted by Gasteiger charge is -2.31. The molecule has 1 aromatic heterocycles. The third kappa shape index (κ3) is 3.34. The van der Waals surface area contributed by atoms with E-state index in [1.54, 1.807) is 18.1 Å². The first-order chi connectivity index (χ1) is 11.2. The van der Waals surface area contributed by atoms with Gasteiger partial charge in [-0.25, -0.2) is 0 Å². The van der Waals surface area contributed by atoms with E-state index >= 15 is 0 Å². The molecule has 0 aliphatic carbocycles. The van der Waals surface area contributed by atoms with Crippen molar-refractivity contribution in [2.45, 2.75) is 18.9 Å². The van der Waals surface area contributed by atoms with Crippen molar-refractivity contribution in [3.8, 4) is 17.2 Å². The van der Waals surface area contributed by atoms with Crippen molar-refractivity contribution in [1.82, 2.24) is 20.4 Å². The van der Waals surface area contributed by atoms with Gasteiger partial charge in [-0.3, -0.25) is 4.79 Å². The van der Waals surface area contributed by atoms with Crippen LogP contribution < -0.4 is 10.1 Å². The number of nitrogens with zero attached hydrogens (tertiary/aromatic N) is 3. The van der Waals surface area contributed by atoms with Crippen molar-refractivity contribution in [3.05, 3.63) is 30.1 Å². The van der Waals surface area contributed by atoms with Gasteiger partial charge in [0, 0.05) is 24.7 Å². The third-order valence-electron chi connectivity index (χ3n) is 4.05. The molecule has 1 N–H and O–H groups in total. The molecule has 2 heterocycles. The topological polar surface area (TPSA) is 80.5 Å². The molecule has 0 bridgehead atoms. The number of benzene rings is 1. The zero-order chi connectivity index (χ0) is 16.2. The zero-order valence-electron chi connectivity index (χ0n) is 13.3. The van der Waals surface area contributed by atoms with Crippen LogP contribution in [0.4, 0.5) is 0 Å². The van der Waals surface area contributed by atoms with E-state index in [4.69, 9.17) is 9.26 Å². The van der Waals surface area contributed by atoms with E-state index in [1.807, 2.05) is 25.2 Å². The lowest BCUT2D eigenvalue weighted by Crippen LogP contribution is -2.47. The van der Waals surface area contributed by atoms with E-state index in [0.29, 0.717) is 24.2 Å². The highest BCUT2D eigenvalue weighted by Crippen LogP contribution is 2.22. The molecule has 1 aromatic carbocycles. The molecule has 1 fully saturated rings. The first-order valence-electron chi connectivity index (χ1n) is 7.66. The second kappa shape index (κ2) is 6.78. The number of hydrogen-bond acceptors (Lipinski definition) is 6. The number of amides is 1. The van der Waals surface area contributed by atoms with Crippen LogP contribution in [0.1, 0.15) is 23.5 Å². The summed E-state index contributed by atoms with van der Waals surface area (Å²) in [6, 6.07) is 7.61. The van der Waals surface area contributed by atoms with Gasteiger partial charge in [0.05, 0.1) is 7.11 Å². The number of ether oxygens (including phenoxy) is 1. The number of nitrogens with one attached hydrogen (secondary N) is 1. The van der Waals surface area contributed by atoms with E-state index in [1.165, 1.54) is 0 Å². The number of hydrogen-bond donors (Lipinski definition) is 1. The van der Waals surface area contributed by atoms with Crippen molar-refractivity contribution in [2.24, 2.45) is 0 Å². The van der Waals surface area contributed by atoms with E-state index in [-0.39, 0.29) is 11.7 Å². The predicted molar refractivity (Wildman–Crippen MR) is 84.3 cm³/mol. The normalized spacial score (nSPS) is 18.0. The molecule has 3 rings (SSSR count). The minimum Gasteiger partial charge on any atom is -0.497 e. The Morgan fingerprint density at radius 1 is 1.48 bits per heavy atom.